The number of benzene rings is 2. The number of halogens is 1. The first-order chi connectivity index (χ1) is 16.0. The number of aliphatic hydroxyl groups excluding tert-OH is 1. The number of aliphatic hydroxyl groups is 1. The van der Waals surface area contributed by atoms with Crippen LogP contribution in [-0.2, 0) is 16.1 Å². The van der Waals surface area contributed by atoms with Crippen molar-refractivity contribution >= 4 is 57.8 Å². The van der Waals surface area contributed by atoms with E-state index < -0.39 is 0 Å². The van der Waals surface area contributed by atoms with Gasteiger partial charge in [-0.05, 0) is 42.2 Å². The molecule has 1 saturated heterocycles. The van der Waals surface area contributed by atoms with Crippen molar-refractivity contribution in [3.8, 4) is 0 Å². The van der Waals surface area contributed by atoms with Crippen molar-refractivity contribution in [2.45, 2.75) is 32.2 Å². The number of hydrogen-bond donors (Lipinski definition) is 1. The van der Waals surface area contributed by atoms with Crippen LogP contribution in [0, 0.1) is 0 Å². The minimum absolute atomic E-state index is 0.0319. The van der Waals surface area contributed by atoms with Crippen molar-refractivity contribution in [1.82, 2.24) is 9.80 Å². The predicted molar refractivity (Wildman–Crippen MR) is 139 cm³/mol. The zero-order valence-electron chi connectivity index (χ0n) is 18.3. The zero-order valence-corrected chi connectivity index (χ0v) is 20.7. The van der Waals surface area contributed by atoms with Crippen LogP contribution < -0.4 is 0 Å². The summed E-state index contributed by atoms with van der Waals surface area (Å²) in [6, 6.07) is 17.1. The molecule has 1 fully saturated rings. The monoisotopic (exact) mass is 502 g/mol. The summed E-state index contributed by atoms with van der Waals surface area (Å²) in [6.45, 7) is 1.30. The summed E-state index contributed by atoms with van der Waals surface area (Å²) in [5.41, 5.74) is 1.95. The Morgan fingerprint density at radius 3 is 2.52 bits per heavy atom. The Balaban J connectivity index is 1.43. The number of thiocarbonyl (C=S) groups is 1. The Kier molecular flexibility index (Phi) is 9.94. The molecule has 0 saturated carbocycles. The lowest BCUT2D eigenvalue weighted by Gasteiger charge is -2.22. The van der Waals surface area contributed by atoms with Gasteiger partial charge in [0.1, 0.15) is 4.32 Å². The second-order valence-electron chi connectivity index (χ2n) is 7.72. The Bertz CT molecular complexity index is 996. The molecule has 0 spiro atoms. The number of hydrogen-bond acceptors (Lipinski definition) is 5. The molecule has 1 heterocycles. The van der Waals surface area contributed by atoms with Gasteiger partial charge >= 0.3 is 0 Å². The van der Waals surface area contributed by atoms with E-state index in [4.69, 9.17) is 23.8 Å². The van der Waals surface area contributed by atoms with Crippen molar-refractivity contribution in [2.24, 2.45) is 0 Å². The largest absolute Gasteiger partial charge is 0.395 e. The van der Waals surface area contributed by atoms with Gasteiger partial charge in [-0.1, -0.05) is 84.5 Å². The van der Waals surface area contributed by atoms with Gasteiger partial charge in [0.05, 0.1) is 11.5 Å². The number of thioether (sulfide) groups is 1. The van der Waals surface area contributed by atoms with Crippen molar-refractivity contribution < 1.29 is 14.7 Å². The molecule has 0 atom stereocenters. The van der Waals surface area contributed by atoms with Crippen molar-refractivity contribution in [3.63, 3.8) is 0 Å². The summed E-state index contributed by atoms with van der Waals surface area (Å²) in [5, 5.41) is 9.97. The summed E-state index contributed by atoms with van der Waals surface area (Å²) in [7, 11) is 0. The Labute approximate surface area is 209 Å². The van der Waals surface area contributed by atoms with E-state index in [0.717, 1.165) is 30.4 Å². The lowest BCUT2D eigenvalue weighted by atomic mass is 10.1. The smallest absolute Gasteiger partial charge is 0.266 e. The molecule has 0 radical (unpaired) electrons. The third-order valence-corrected chi connectivity index (χ3v) is 6.88. The minimum atomic E-state index is -0.0759. The highest BCUT2D eigenvalue weighted by atomic mass is 35.5. The molecule has 0 aromatic heterocycles. The molecule has 1 aliphatic heterocycles. The number of nitrogens with zero attached hydrogens (tertiary/aromatic N) is 2. The van der Waals surface area contributed by atoms with E-state index in [1.807, 2.05) is 48.5 Å². The first kappa shape index (κ1) is 25.4. The second kappa shape index (κ2) is 12.9. The molecule has 2 amide bonds. The van der Waals surface area contributed by atoms with Crippen LogP contribution in [0.5, 0.6) is 0 Å². The second-order valence-corrected chi connectivity index (χ2v) is 9.83. The third kappa shape index (κ3) is 7.67. The molecule has 174 valence electrons. The number of rotatable bonds is 11. The number of carbonyl (C=O) groups excluding carboxylic acids is 2. The minimum Gasteiger partial charge on any atom is -0.395 e. The fraction of sp³-hybridized carbons (Fsp3) is 0.320. The first-order valence-corrected chi connectivity index (χ1v) is 12.5. The van der Waals surface area contributed by atoms with E-state index in [2.05, 4.69) is 0 Å². The van der Waals surface area contributed by atoms with E-state index in [-0.39, 0.29) is 18.4 Å². The molecule has 3 rings (SSSR count). The van der Waals surface area contributed by atoms with E-state index in [1.54, 1.807) is 21.9 Å². The molecule has 2 aromatic rings. The molecule has 5 nitrogen and oxygen atoms in total. The van der Waals surface area contributed by atoms with Crippen LogP contribution in [-0.4, -0.2) is 50.7 Å². The van der Waals surface area contributed by atoms with Gasteiger partial charge < -0.3 is 10.0 Å². The first-order valence-electron chi connectivity index (χ1n) is 10.9. The lowest BCUT2D eigenvalue weighted by Crippen LogP contribution is -2.33. The predicted octanol–water partition coefficient (Wildman–Crippen LogP) is 5.12. The molecular formula is C25H27ClN2O3S2. The van der Waals surface area contributed by atoms with Gasteiger partial charge in [0.25, 0.3) is 5.91 Å². The average molecular weight is 503 g/mol. The number of carbonyl (C=O) groups is 2. The maximum Gasteiger partial charge on any atom is 0.266 e. The molecule has 8 heteroatoms. The Morgan fingerprint density at radius 2 is 1.82 bits per heavy atom. The average Bonchev–Trinajstić information content (AvgIpc) is 3.07. The van der Waals surface area contributed by atoms with Gasteiger partial charge in [-0.25, -0.2) is 0 Å². The van der Waals surface area contributed by atoms with E-state index >= 15 is 0 Å². The molecule has 1 aliphatic rings. The summed E-state index contributed by atoms with van der Waals surface area (Å²) in [6.07, 6.45) is 4.56. The highest BCUT2D eigenvalue weighted by Crippen LogP contribution is 2.33. The van der Waals surface area contributed by atoms with Gasteiger partial charge in [-0.2, -0.15) is 0 Å². The highest BCUT2D eigenvalue weighted by molar-refractivity contribution is 8.26. The van der Waals surface area contributed by atoms with Crippen LogP contribution in [0.2, 0.25) is 5.02 Å². The topological polar surface area (TPSA) is 60.9 Å². The maximum absolute atomic E-state index is 12.7. The number of unbranched alkanes of at least 4 members (excludes halogenated alkanes) is 2. The van der Waals surface area contributed by atoms with Crippen LogP contribution >= 0.6 is 35.6 Å². The molecule has 2 aromatic carbocycles. The van der Waals surface area contributed by atoms with Crippen LogP contribution in [0.4, 0.5) is 0 Å². The molecule has 1 N–H and O–H groups in total. The molecule has 0 aliphatic carbocycles. The summed E-state index contributed by atoms with van der Waals surface area (Å²) < 4.78 is 0.563. The van der Waals surface area contributed by atoms with Crippen molar-refractivity contribution in [3.05, 3.63) is 75.7 Å². The van der Waals surface area contributed by atoms with Gasteiger partial charge in [-0.3, -0.25) is 14.5 Å². The Hall–Kier alpha value is -2.19. The third-order valence-electron chi connectivity index (χ3n) is 5.25. The standard InChI is InChI=1S/C25H27ClN2O3S2/c26-21-12-10-19(11-13-21)17-22-24(31)28(25(32)33-22)14-6-2-5-9-23(30)27(15-16-29)18-20-7-3-1-4-8-20/h1,3-4,7-8,10-13,17,29H,2,5-6,9,14-16,18H2/b22-17-. The Morgan fingerprint density at radius 1 is 1.09 bits per heavy atom. The highest BCUT2D eigenvalue weighted by Gasteiger charge is 2.31. The van der Waals surface area contributed by atoms with Crippen LogP contribution in [0.3, 0.4) is 0 Å². The van der Waals surface area contributed by atoms with Gasteiger partial charge in [0.15, 0.2) is 0 Å². The van der Waals surface area contributed by atoms with Gasteiger partial charge in [-0.15, -0.1) is 0 Å². The zero-order chi connectivity index (χ0) is 23.6. The number of amides is 2. The molecule has 33 heavy (non-hydrogen) atoms. The molecule has 0 bridgehead atoms. The summed E-state index contributed by atoms with van der Waals surface area (Å²) in [4.78, 5) is 29.3. The quantitative estimate of drug-likeness (QED) is 0.262. The SMILES string of the molecule is O=C(CCCCCN1C(=O)/C(=C/c2ccc(Cl)cc2)SC1=S)N(CCO)Cc1ccccc1. The molecule has 0 unspecified atom stereocenters. The fourth-order valence-electron chi connectivity index (χ4n) is 3.50. The van der Waals surface area contributed by atoms with Crippen LogP contribution in [0.1, 0.15) is 36.8 Å². The lowest BCUT2D eigenvalue weighted by molar-refractivity contribution is -0.132. The van der Waals surface area contributed by atoms with E-state index in [1.165, 1.54) is 11.8 Å². The van der Waals surface area contributed by atoms with Gasteiger partial charge in [0, 0.05) is 31.1 Å². The fourth-order valence-corrected chi connectivity index (χ4v) is 4.94. The van der Waals surface area contributed by atoms with Gasteiger partial charge in [0.2, 0.25) is 5.91 Å². The maximum atomic E-state index is 12.7. The van der Waals surface area contributed by atoms with Crippen molar-refractivity contribution in [1.29, 1.82) is 0 Å². The van der Waals surface area contributed by atoms with Crippen LogP contribution in [0.25, 0.3) is 6.08 Å². The van der Waals surface area contributed by atoms with E-state index in [0.29, 0.717) is 40.3 Å². The summed E-state index contributed by atoms with van der Waals surface area (Å²) in [5.74, 6) is -0.0441. The van der Waals surface area contributed by atoms with Crippen molar-refractivity contribution in [2.75, 3.05) is 19.7 Å². The summed E-state index contributed by atoms with van der Waals surface area (Å²) >= 11 is 12.6. The molecular weight excluding hydrogens is 476 g/mol. The van der Waals surface area contributed by atoms with Crippen LogP contribution in [0.15, 0.2) is 59.5 Å². The normalized spacial score (nSPS) is 14.8. The van der Waals surface area contributed by atoms with E-state index in [9.17, 15) is 14.7 Å².